The third-order valence-electron chi connectivity index (χ3n) is 8.97. The summed E-state index contributed by atoms with van der Waals surface area (Å²) in [6.45, 7) is 11.2. The number of nitrogens with zero attached hydrogens (tertiary/aromatic N) is 4. The van der Waals surface area contributed by atoms with Crippen LogP contribution in [0.5, 0.6) is 0 Å². The molecule has 5 rings (SSSR count). The number of carboxylic acids is 1. The highest BCUT2D eigenvalue weighted by atomic mass is 35.5. The minimum absolute atomic E-state index is 0.162. The van der Waals surface area contributed by atoms with Gasteiger partial charge in [0.2, 0.25) is 5.95 Å². The Morgan fingerprint density at radius 3 is 2.56 bits per heavy atom. The Balaban J connectivity index is 1.24. The number of likely N-dealkylation sites (tertiary alicyclic amines) is 1. The van der Waals surface area contributed by atoms with E-state index < -0.39 is 17.0 Å². The zero-order valence-electron chi connectivity index (χ0n) is 23.1. The highest BCUT2D eigenvalue weighted by Gasteiger charge is 2.49. The number of nitrogens with one attached hydrogen (secondary N) is 1. The van der Waals surface area contributed by atoms with Crippen LogP contribution in [0, 0.1) is 17.3 Å². The smallest absolute Gasteiger partial charge is 0.309 e. The van der Waals surface area contributed by atoms with E-state index in [1.807, 2.05) is 26.0 Å². The van der Waals surface area contributed by atoms with Gasteiger partial charge in [-0.25, -0.2) is 4.98 Å². The first-order valence-corrected chi connectivity index (χ1v) is 14.6. The Morgan fingerprint density at radius 1 is 1.21 bits per heavy atom. The van der Waals surface area contributed by atoms with E-state index in [1.165, 1.54) is 6.42 Å². The lowest BCUT2D eigenvalue weighted by Gasteiger charge is -2.52. The number of piperidine rings is 1. The fourth-order valence-corrected chi connectivity index (χ4v) is 6.93. The maximum absolute atomic E-state index is 11.5. The molecule has 8 nitrogen and oxygen atoms in total. The Bertz CT molecular complexity index is 1220. The SMILES string of the molecule is CC(Nc1nc(N2CC(C3CCCN(C4CC(C)(C(=O)O)C4)C3)C2)ncc1C(C)(C)O)c1ccc(Cl)cc1Cl. The number of benzene rings is 1. The Morgan fingerprint density at radius 2 is 1.92 bits per heavy atom. The summed E-state index contributed by atoms with van der Waals surface area (Å²) in [6.07, 6.45) is 5.60. The minimum atomic E-state index is -1.12. The molecule has 2 aliphatic heterocycles. The van der Waals surface area contributed by atoms with Gasteiger partial charge in [-0.3, -0.25) is 4.79 Å². The van der Waals surface area contributed by atoms with E-state index >= 15 is 0 Å². The number of aliphatic carboxylic acids is 1. The van der Waals surface area contributed by atoms with Gasteiger partial charge in [0.1, 0.15) is 5.82 Å². The summed E-state index contributed by atoms with van der Waals surface area (Å²) in [6, 6.07) is 5.67. The van der Waals surface area contributed by atoms with E-state index in [2.05, 4.69) is 20.1 Å². The molecule has 39 heavy (non-hydrogen) atoms. The maximum atomic E-state index is 11.5. The highest BCUT2D eigenvalue weighted by Crippen LogP contribution is 2.45. The van der Waals surface area contributed by atoms with Crippen LogP contribution in [-0.2, 0) is 10.4 Å². The molecule has 0 radical (unpaired) electrons. The molecule has 2 saturated heterocycles. The van der Waals surface area contributed by atoms with Crippen molar-refractivity contribution in [1.29, 1.82) is 0 Å². The zero-order valence-corrected chi connectivity index (χ0v) is 24.6. The van der Waals surface area contributed by atoms with Crippen molar-refractivity contribution in [2.45, 2.75) is 71.1 Å². The quantitative estimate of drug-likeness (QED) is 0.374. The van der Waals surface area contributed by atoms with E-state index in [9.17, 15) is 15.0 Å². The Labute approximate surface area is 240 Å². The van der Waals surface area contributed by atoms with Gasteiger partial charge in [0.05, 0.1) is 17.1 Å². The van der Waals surface area contributed by atoms with Gasteiger partial charge in [-0.15, -0.1) is 0 Å². The first-order chi connectivity index (χ1) is 18.3. The predicted molar refractivity (Wildman–Crippen MR) is 155 cm³/mol. The Hall–Kier alpha value is -2.13. The van der Waals surface area contributed by atoms with Gasteiger partial charge in [0.15, 0.2) is 0 Å². The maximum Gasteiger partial charge on any atom is 0.309 e. The normalized spacial score (nSPS) is 27.0. The predicted octanol–water partition coefficient (Wildman–Crippen LogP) is 5.59. The fourth-order valence-electron chi connectivity index (χ4n) is 6.36. The van der Waals surface area contributed by atoms with Gasteiger partial charge < -0.3 is 25.3 Å². The number of rotatable bonds is 8. The van der Waals surface area contributed by atoms with Gasteiger partial charge >= 0.3 is 5.97 Å². The summed E-state index contributed by atoms with van der Waals surface area (Å²) in [7, 11) is 0. The van der Waals surface area contributed by atoms with E-state index in [0.717, 1.165) is 51.0 Å². The molecule has 2 atom stereocenters. The molecule has 1 aliphatic carbocycles. The summed E-state index contributed by atoms with van der Waals surface area (Å²) in [5.74, 6) is 1.74. The van der Waals surface area contributed by atoms with E-state index in [1.54, 1.807) is 26.1 Å². The molecule has 10 heteroatoms. The molecule has 0 bridgehead atoms. The van der Waals surface area contributed by atoms with Crippen molar-refractivity contribution in [1.82, 2.24) is 14.9 Å². The molecule has 2 aromatic rings. The number of halogens is 2. The topological polar surface area (TPSA) is 102 Å². The van der Waals surface area contributed by atoms with Crippen molar-refractivity contribution in [3.05, 3.63) is 45.6 Å². The van der Waals surface area contributed by atoms with Gasteiger partial charge in [-0.05, 0) is 89.5 Å². The van der Waals surface area contributed by atoms with Gasteiger partial charge in [0.25, 0.3) is 0 Å². The second-order valence-corrected chi connectivity index (χ2v) is 13.4. The van der Waals surface area contributed by atoms with Crippen molar-refractivity contribution >= 4 is 40.9 Å². The van der Waals surface area contributed by atoms with Crippen LogP contribution in [0.1, 0.15) is 70.5 Å². The van der Waals surface area contributed by atoms with Crippen LogP contribution >= 0.6 is 23.2 Å². The first kappa shape index (κ1) is 28.4. The third kappa shape index (κ3) is 5.85. The van der Waals surface area contributed by atoms with E-state index in [0.29, 0.717) is 45.3 Å². The second-order valence-electron chi connectivity index (χ2n) is 12.5. The average molecular weight is 577 g/mol. The average Bonchev–Trinajstić information content (AvgIpc) is 2.80. The third-order valence-corrected chi connectivity index (χ3v) is 9.53. The molecular formula is C29H39Cl2N5O3. The summed E-state index contributed by atoms with van der Waals surface area (Å²) >= 11 is 12.5. The molecular weight excluding hydrogens is 537 g/mol. The molecule has 3 N–H and O–H groups in total. The molecule has 1 aromatic carbocycles. The van der Waals surface area contributed by atoms with Crippen LogP contribution in [0.4, 0.5) is 11.8 Å². The fraction of sp³-hybridized carbons (Fsp3) is 0.621. The number of aromatic nitrogens is 2. The lowest BCUT2D eigenvalue weighted by atomic mass is 9.65. The number of anilines is 2. The first-order valence-electron chi connectivity index (χ1n) is 13.9. The standard InChI is InChI=1S/C29H39Cl2N5O3/c1-17(22-8-7-20(30)10-24(22)31)33-25-23(28(2,3)39)13-32-27(34-25)36-15-19(16-36)18-6-5-9-35(14-18)21-11-29(4,12-21)26(37)38/h7-8,10,13,17-19,21,39H,5-6,9,11-12,14-16H2,1-4H3,(H,37,38)(H,32,33,34). The molecule has 0 spiro atoms. The number of carboxylic acid groups (broad SMARTS) is 1. The van der Waals surface area contributed by atoms with Crippen LogP contribution in [0.2, 0.25) is 10.0 Å². The molecule has 3 heterocycles. The van der Waals surface area contributed by atoms with Crippen molar-refractivity contribution in [3.63, 3.8) is 0 Å². The van der Waals surface area contributed by atoms with Crippen molar-refractivity contribution in [3.8, 4) is 0 Å². The van der Waals surface area contributed by atoms with E-state index in [-0.39, 0.29) is 6.04 Å². The van der Waals surface area contributed by atoms with Gasteiger partial charge in [-0.2, -0.15) is 4.98 Å². The summed E-state index contributed by atoms with van der Waals surface area (Å²) < 4.78 is 0. The molecule has 1 saturated carbocycles. The monoisotopic (exact) mass is 575 g/mol. The number of carbonyl (C=O) groups is 1. The highest BCUT2D eigenvalue weighted by molar-refractivity contribution is 6.35. The second kappa shape index (κ2) is 10.7. The molecule has 0 amide bonds. The van der Waals surface area contributed by atoms with Crippen molar-refractivity contribution in [2.75, 3.05) is 36.4 Å². The summed E-state index contributed by atoms with van der Waals surface area (Å²) in [4.78, 5) is 25.7. The lowest BCUT2D eigenvalue weighted by Crippen LogP contribution is -2.58. The number of hydrogen-bond donors (Lipinski definition) is 3. The minimum Gasteiger partial charge on any atom is -0.481 e. The molecule has 2 unspecified atom stereocenters. The molecule has 212 valence electrons. The number of aliphatic hydroxyl groups is 1. The van der Waals surface area contributed by atoms with Crippen molar-refractivity contribution < 1.29 is 15.0 Å². The van der Waals surface area contributed by atoms with Crippen LogP contribution in [0.25, 0.3) is 0 Å². The largest absolute Gasteiger partial charge is 0.481 e. The molecule has 3 aliphatic rings. The van der Waals surface area contributed by atoms with E-state index in [4.69, 9.17) is 28.2 Å². The summed E-state index contributed by atoms with van der Waals surface area (Å²) in [5.41, 5.74) is -0.161. The van der Waals surface area contributed by atoms with Crippen LogP contribution < -0.4 is 10.2 Å². The lowest BCUT2D eigenvalue weighted by molar-refractivity contribution is -0.158. The Kier molecular flexibility index (Phi) is 7.79. The summed E-state index contributed by atoms with van der Waals surface area (Å²) in [5, 5.41) is 24.9. The van der Waals surface area contributed by atoms with Crippen LogP contribution in [0.15, 0.2) is 24.4 Å². The molecule has 3 fully saturated rings. The van der Waals surface area contributed by atoms with Crippen molar-refractivity contribution in [2.24, 2.45) is 17.3 Å². The number of hydrogen-bond acceptors (Lipinski definition) is 7. The van der Waals surface area contributed by atoms with Crippen LogP contribution in [-0.4, -0.2) is 63.3 Å². The van der Waals surface area contributed by atoms with Gasteiger partial charge in [0, 0.05) is 47.5 Å². The van der Waals surface area contributed by atoms with Crippen LogP contribution in [0.3, 0.4) is 0 Å². The zero-order chi connectivity index (χ0) is 28.1. The molecule has 1 aromatic heterocycles. The van der Waals surface area contributed by atoms with Gasteiger partial charge in [-0.1, -0.05) is 29.3 Å².